The Kier molecular flexibility index (Phi) is 4.30. The van der Waals surface area contributed by atoms with E-state index in [1.165, 1.54) is 5.56 Å². The molecule has 0 amide bonds. The lowest BCUT2D eigenvalue weighted by Gasteiger charge is -2.21. The normalized spacial score (nSPS) is 11.8. The Hall–Kier alpha value is -3.22. The summed E-state index contributed by atoms with van der Waals surface area (Å²) in [6, 6.07) is 33.9. The van der Waals surface area contributed by atoms with Crippen molar-refractivity contribution in [3.05, 3.63) is 109 Å². The van der Waals surface area contributed by atoms with Crippen LogP contribution in [0.2, 0.25) is 0 Å². The summed E-state index contributed by atoms with van der Waals surface area (Å²) in [6.07, 6.45) is 0. The van der Waals surface area contributed by atoms with Gasteiger partial charge in [-0.2, -0.15) is 0 Å². The van der Waals surface area contributed by atoms with E-state index in [4.69, 9.17) is 4.98 Å². The molecule has 2 nitrogen and oxygen atoms in total. The van der Waals surface area contributed by atoms with E-state index >= 15 is 0 Å². The van der Waals surface area contributed by atoms with Crippen LogP contribution in [0.15, 0.2) is 103 Å². The van der Waals surface area contributed by atoms with Crippen LogP contribution >= 0.6 is 7.14 Å². The van der Waals surface area contributed by atoms with Crippen molar-refractivity contribution >= 4 is 44.9 Å². The molecule has 4 aromatic carbocycles. The van der Waals surface area contributed by atoms with Crippen LogP contribution in [-0.4, -0.2) is 4.98 Å². The fourth-order valence-electron chi connectivity index (χ4n) is 3.96. The van der Waals surface area contributed by atoms with Gasteiger partial charge in [0.1, 0.15) is 5.44 Å². The fourth-order valence-corrected chi connectivity index (χ4v) is 6.71. The Morgan fingerprint density at radius 1 is 0.621 bits per heavy atom. The van der Waals surface area contributed by atoms with Crippen molar-refractivity contribution in [2.24, 2.45) is 0 Å². The summed E-state index contributed by atoms with van der Waals surface area (Å²) in [5.41, 5.74) is 2.70. The Morgan fingerprint density at radius 3 is 1.86 bits per heavy atom. The average Bonchev–Trinajstić information content (AvgIpc) is 2.79. The summed E-state index contributed by atoms with van der Waals surface area (Å²) >= 11 is 0. The molecule has 140 valence electrons. The molecule has 0 saturated heterocycles. The SMILES string of the molecule is Cc1ccc2c(P(=O)(c3ccccc3)c3ccccc3)nc3ccccc3c2c1. The topological polar surface area (TPSA) is 30.0 Å². The number of rotatable bonds is 3. The predicted molar refractivity (Wildman–Crippen MR) is 123 cm³/mol. The maximum absolute atomic E-state index is 14.9. The third-order valence-electron chi connectivity index (χ3n) is 5.37. The van der Waals surface area contributed by atoms with Gasteiger partial charge in [-0.15, -0.1) is 0 Å². The number of para-hydroxylation sites is 1. The highest BCUT2D eigenvalue weighted by Gasteiger charge is 2.33. The number of aryl methyl sites for hydroxylation is 1. The molecule has 0 saturated carbocycles. The van der Waals surface area contributed by atoms with E-state index in [0.29, 0.717) is 5.44 Å². The summed E-state index contributed by atoms with van der Waals surface area (Å²) in [5.74, 6) is 0. The van der Waals surface area contributed by atoms with E-state index in [2.05, 4.69) is 31.2 Å². The monoisotopic (exact) mass is 393 g/mol. The summed E-state index contributed by atoms with van der Waals surface area (Å²) in [5, 5.41) is 4.73. The van der Waals surface area contributed by atoms with Gasteiger partial charge in [-0.3, -0.25) is 0 Å². The van der Waals surface area contributed by atoms with Crippen LogP contribution in [-0.2, 0) is 4.57 Å². The minimum Gasteiger partial charge on any atom is -0.307 e. The van der Waals surface area contributed by atoms with E-state index in [1.807, 2.05) is 78.9 Å². The fraction of sp³-hybridized carbons (Fsp3) is 0.0385. The number of nitrogens with zero attached hydrogens (tertiary/aromatic N) is 1. The molecule has 3 heteroatoms. The van der Waals surface area contributed by atoms with E-state index in [0.717, 1.165) is 32.3 Å². The van der Waals surface area contributed by atoms with Gasteiger partial charge in [0.25, 0.3) is 0 Å². The Bertz CT molecular complexity index is 1330. The van der Waals surface area contributed by atoms with Crippen LogP contribution in [0.4, 0.5) is 0 Å². The minimum absolute atomic E-state index is 0.656. The molecular formula is C26H20NOP. The molecule has 0 unspecified atom stereocenters. The van der Waals surface area contributed by atoms with E-state index < -0.39 is 7.14 Å². The zero-order chi connectivity index (χ0) is 19.8. The first-order valence-electron chi connectivity index (χ1n) is 9.69. The molecule has 0 aliphatic carbocycles. The van der Waals surface area contributed by atoms with Crippen LogP contribution < -0.4 is 16.0 Å². The molecule has 29 heavy (non-hydrogen) atoms. The minimum atomic E-state index is -3.15. The van der Waals surface area contributed by atoms with Crippen LogP contribution in [0.25, 0.3) is 21.7 Å². The molecule has 0 aliphatic rings. The van der Waals surface area contributed by atoms with Crippen molar-refractivity contribution < 1.29 is 4.57 Å². The molecule has 1 aromatic heterocycles. The molecule has 1 heterocycles. The highest BCUT2D eigenvalue weighted by molar-refractivity contribution is 7.85. The van der Waals surface area contributed by atoms with Crippen LogP contribution in [0, 0.1) is 6.92 Å². The van der Waals surface area contributed by atoms with Crippen molar-refractivity contribution in [3.63, 3.8) is 0 Å². The number of hydrogen-bond donors (Lipinski definition) is 0. The first-order chi connectivity index (χ1) is 14.2. The van der Waals surface area contributed by atoms with Crippen molar-refractivity contribution in [1.82, 2.24) is 4.98 Å². The summed E-state index contributed by atoms with van der Waals surface area (Å²) in [6.45, 7) is 2.09. The van der Waals surface area contributed by atoms with Crippen LogP contribution in [0.1, 0.15) is 5.56 Å². The van der Waals surface area contributed by atoms with Gasteiger partial charge in [0.15, 0.2) is 7.14 Å². The predicted octanol–water partition coefficient (Wildman–Crippen LogP) is 5.34. The van der Waals surface area contributed by atoms with Gasteiger partial charge in [0, 0.05) is 21.4 Å². The third-order valence-corrected chi connectivity index (χ3v) is 8.36. The number of fused-ring (bicyclic) bond motifs is 3. The molecular weight excluding hydrogens is 373 g/mol. The van der Waals surface area contributed by atoms with Gasteiger partial charge in [-0.05, 0) is 18.4 Å². The second-order valence-corrected chi connectivity index (χ2v) is 9.96. The lowest BCUT2D eigenvalue weighted by atomic mass is 10.0. The first kappa shape index (κ1) is 17.8. The van der Waals surface area contributed by atoms with Gasteiger partial charge in [0.05, 0.1) is 5.52 Å². The summed E-state index contributed by atoms with van der Waals surface area (Å²) in [7, 11) is -3.15. The second-order valence-electron chi connectivity index (χ2n) is 7.28. The molecule has 0 aliphatic heterocycles. The Morgan fingerprint density at radius 2 is 1.21 bits per heavy atom. The molecule has 0 fully saturated rings. The van der Waals surface area contributed by atoms with E-state index in [-0.39, 0.29) is 0 Å². The Balaban J connectivity index is 1.96. The van der Waals surface area contributed by atoms with Gasteiger partial charge in [0.2, 0.25) is 0 Å². The summed E-state index contributed by atoms with van der Waals surface area (Å²) < 4.78 is 14.9. The molecule has 0 radical (unpaired) electrons. The zero-order valence-corrected chi connectivity index (χ0v) is 17.0. The summed E-state index contributed by atoms with van der Waals surface area (Å²) in [4.78, 5) is 4.99. The van der Waals surface area contributed by atoms with Gasteiger partial charge >= 0.3 is 0 Å². The highest BCUT2D eigenvalue weighted by atomic mass is 31.2. The van der Waals surface area contributed by atoms with Gasteiger partial charge in [-0.1, -0.05) is 103 Å². The molecule has 0 bridgehead atoms. The highest BCUT2D eigenvalue weighted by Crippen LogP contribution is 2.44. The molecule has 5 aromatic rings. The zero-order valence-electron chi connectivity index (χ0n) is 16.1. The maximum Gasteiger partial charge on any atom is 0.189 e. The number of benzene rings is 4. The van der Waals surface area contributed by atoms with Crippen molar-refractivity contribution in [1.29, 1.82) is 0 Å². The second kappa shape index (κ2) is 6.99. The van der Waals surface area contributed by atoms with E-state index in [1.54, 1.807) is 0 Å². The number of hydrogen-bond acceptors (Lipinski definition) is 2. The van der Waals surface area contributed by atoms with Gasteiger partial charge in [-0.25, -0.2) is 4.98 Å². The standard InChI is InChI=1S/C26H20NOP/c1-19-16-17-23-24(18-19)22-14-8-9-15-25(22)27-26(23)29(28,20-10-4-2-5-11-20)21-12-6-3-7-13-21/h2-18H,1H3. The smallest absolute Gasteiger partial charge is 0.189 e. The lowest BCUT2D eigenvalue weighted by molar-refractivity contribution is 0.592. The third kappa shape index (κ3) is 2.88. The van der Waals surface area contributed by atoms with Gasteiger partial charge < -0.3 is 4.57 Å². The van der Waals surface area contributed by atoms with Crippen LogP contribution in [0.3, 0.4) is 0 Å². The largest absolute Gasteiger partial charge is 0.307 e. The first-order valence-corrected chi connectivity index (χ1v) is 11.4. The van der Waals surface area contributed by atoms with E-state index in [9.17, 15) is 4.57 Å². The average molecular weight is 393 g/mol. The molecule has 0 spiro atoms. The van der Waals surface area contributed by atoms with Crippen LogP contribution in [0.5, 0.6) is 0 Å². The molecule has 0 N–H and O–H groups in total. The molecule has 5 rings (SSSR count). The lowest BCUT2D eigenvalue weighted by Crippen LogP contribution is -2.27. The van der Waals surface area contributed by atoms with Crippen molar-refractivity contribution in [3.8, 4) is 0 Å². The Labute approximate surface area is 170 Å². The maximum atomic E-state index is 14.9. The number of aromatic nitrogens is 1. The number of pyridine rings is 1. The van der Waals surface area contributed by atoms with Crippen molar-refractivity contribution in [2.75, 3.05) is 0 Å². The van der Waals surface area contributed by atoms with Crippen molar-refractivity contribution in [2.45, 2.75) is 6.92 Å². The molecule has 0 atom stereocenters. The quantitative estimate of drug-likeness (QED) is 0.306.